The summed E-state index contributed by atoms with van der Waals surface area (Å²) in [6, 6.07) is 21.3. The molecular weight excluding hydrogens is 410 g/mol. The molecule has 5 nitrogen and oxygen atoms in total. The van der Waals surface area contributed by atoms with Crippen LogP contribution in [0.25, 0.3) is 0 Å². The van der Waals surface area contributed by atoms with Crippen molar-refractivity contribution in [3.63, 3.8) is 0 Å². The van der Waals surface area contributed by atoms with Crippen LogP contribution in [-0.2, 0) is 6.42 Å². The zero-order valence-corrected chi connectivity index (χ0v) is 17.7. The third-order valence-electron chi connectivity index (χ3n) is 5.44. The first kappa shape index (κ1) is 20.6. The van der Waals surface area contributed by atoms with Gasteiger partial charge in [-0.15, -0.1) is 0 Å². The van der Waals surface area contributed by atoms with Crippen molar-refractivity contribution in [2.75, 3.05) is 11.4 Å². The highest BCUT2D eigenvalue weighted by Crippen LogP contribution is 2.32. The zero-order valence-electron chi connectivity index (χ0n) is 16.9. The van der Waals surface area contributed by atoms with Crippen molar-refractivity contribution in [3.8, 4) is 6.07 Å². The van der Waals surface area contributed by atoms with Crippen LogP contribution < -0.4 is 10.2 Å². The number of halogens is 1. The first-order chi connectivity index (χ1) is 15.0. The molecule has 2 amide bonds. The lowest BCUT2D eigenvalue weighted by atomic mass is 10.0. The lowest BCUT2D eigenvalue weighted by Gasteiger charge is -2.19. The van der Waals surface area contributed by atoms with E-state index in [1.54, 1.807) is 53.4 Å². The van der Waals surface area contributed by atoms with Crippen molar-refractivity contribution >= 4 is 29.1 Å². The Morgan fingerprint density at radius 2 is 1.84 bits per heavy atom. The quantitative estimate of drug-likeness (QED) is 0.640. The summed E-state index contributed by atoms with van der Waals surface area (Å²) in [5, 5.41) is 12.7. The third-order valence-corrected chi connectivity index (χ3v) is 5.69. The maximum absolute atomic E-state index is 13.0. The van der Waals surface area contributed by atoms with Crippen molar-refractivity contribution in [2.45, 2.75) is 19.4 Å². The molecular formula is C25H20ClN3O2. The predicted octanol–water partition coefficient (Wildman–Crippen LogP) is 4.91. The van der Waals surface area contributed by atoms with Gasteiger partial charge >= 0.3 is 0 Å². The number of anilines is 1. The highest BCUT2D eigenvalue weighted by molar-refractivity contribution is 6.30. The molecule has 0 fully saturated rings. The normalized spacial score (nSPS) is 13.3. The van der Waals surface area contributed by atoms with Gasteiger partial charge in [-0.2, -0.15) is 5.26 Å². The van der Waals surface area contributed by atoms with E-state index in [1.165, 1.54) is 0 Å². The Morgan fingerprint density at radius 3 is 2.58 bits per heavy atom. The van der Waals surface area contributed by atoms with E-state index in [0.29, 0.717) is 28.3 Å². The number of amides is 2. The molecule has 3 aromatic carbocycles. The van der Waals surface area contributed by atoms with Crippen molar-refractivity contribution < 1.29 is 9.59 Å². The van der Waals surface area contributed by atoms with Gasteiger partial charge in [-0.25, -0.2) is 0 Å². The van der Waals surface area contributed by atoms with Crippen LogP contribution in [0.2, 0.25) is 5.02 Å². The summed E-state index contributed by atoms with van der Waals surface area (Å²) >= 11 is 5.89. The van der Waals surface area contributed by atoms with Gasteiger partial charge in [-0.1, -0.05) is 29.8 Å². The van der Waals surface area contributed by atoms with Crippen LogP contribution in [-0.4, -0.2) is 18.4 Å². The molecule has 0 bridgehead atoms. The molecule has 0 spiro atoms. The Hall–Kier alpha value is -3.62. The van der Waals surface area contributed by atoms with Crippen molar-refractivity contribution in [3.05, 3.63) is 99.6 Å². The Bertz CT molecular complexity index is 1200. The van der Waals surface area contributed by atoms with Gasteiger partial charge in [0.2, 0.25) is 0 Å². The summed E-state index contributed by atoms with van der Waals surface area (Å²) in [5.41, 5.74) is 4.42. The second kappa shape index (κ2) is 8.63. The number of benzene rings is 3. The molecule has 6 heteroatoms. The molecule has 3 aromatic rings. The van der Waals surface area contributed by atoms with Gasteiger partial charge in [0.05, 0.1) is 17.7 Å². The van der Waals surface area contributed by atoms with Crippen LogP contribution in [0.5, 0.6) is 0 Å². The number of nitrogens with zero attached hydrogens (tertiary/aromatic N) is 2. The summed E-state index contributed by atoms with van der Waals surface area (Å²) in [6.07, 6.45) is 0.741. The van der Waals surface area contributed by atoms with Gasteiger partial charge in [0.15, 0.2) is 0 Å². The summed E-state index contributed by atoms with van der Waals surface area (Å²) in [6.45, 7) is 2.51. The summed E-state index contributed by atoms with van der Waals surface area (Å²) < 4.78 is 0. The highest BCUT2D eigenvalue weighted by atomic mass is 35.5. The van der Waals surface area contributed by atoms with Gasteiger partial charge in [0.25, 0.3) is 11.8 Å². The fourth-order valence-electron chi connectivity index (χ4n) is 3.74. The van der Waals surface area contributed by atoms with Gasteiger partial charge in [-0.3, -0.25) is 9.59 Å². The van der Waals surface area contributed by atoms with Crippen LogP contribution in [0.15, 0.2) is 66.7 Å². The fraction of sp³-hybridized carbons (Fsp3) is 0.160. The van der Waals surface area contributed by atoms with Crippen LogP contribution in [0, 0.1) is 11.3 Å². The molecule has 1 aliphatic rings. The van der Waals surface area contributed by atoms with E-state index in [0.717, 1.165) is 23.2 Å². The maximum atomic E-state index is 13.0. The molecule has 0 radical (unpaired) electrons. The Morgan fingerprint density at radius 1 is 1.06 bits per heavy atom. The van der Waals surface area contributed by atoms with E-state index in [4.69, 9.17) is 16.9 Å². The number of carbonyl (C=O) groups excluding carboxylic acids is 2. The smallest absolute Gasteiger partial charge is 0.258 e. The van der Waals surface area contributed by atoms with Crippen molar-refractivity contribution in [1.82, 2.24) is 5.32 Å². The van der Waals surface area contributed by atoms with E-state index < -0.39 is 0 Å². The molecule has 0 aromatic heterocycles. The number of hydrogen-bond donors (Lipinski definition) is 1. The molecule has 0 saturated carbocycles. The number of carbonyl (C=O) groups is 2. The lowest BCUT2D eigenvalue weighted by Crippen LogP contribution is -2.29. The minimum Gasteiger partial charge on any atom is -0.346 e. The largest absolute Gasteiger partial charge is 0.346 e. The average Bonchev–Trinajstić information content (AvgIpc) is 3.22. The summed E-state index contributed by atoms with van der Waals surface area (Å²) in [7, 11) is 0. The van der Waals surface area contributed by atoms with Crippen LogP contribution in [0.4, 0.5) is 5.69 Å². The second-order valence-electron chi connectivity index (χ2n) is 7.49. The monoisotopic (exact) mass is 429 g/mol. The van der Waals surface area contributed by atoms with Gasteiger partial charge in [0, 0.05) is 28.4 Å². The predicted molar refractivity (Wildman–Crippen MR) is 120 cm³/mol. The molecule has 1 heterocycles. The number of hydrogen-bond acceptors (Lipinski definition) is 3. The fourth-order valence-corrected chi connectivity index (χ4v) is 3.87. The zero-order chi connectivity index (χ0) is 22.0. The Labute approximate surface area is 185 Å². The van der Waals surface area contributed by atoms with E-state index in [9.17, 15) is 9.59 Å². The van der Waals surface area contributed by atoms with Crippen LogP contribution >= 0.6 is 11.6 Å². The SMILES string of the molecule is C[C@@H](NC(=O)c1ccc(Cl)cc1)c1ccc2c(c1)CCN2C(=O)c1cccc(C#N)c1. The van der Waals surface area contributed by atoms with E-state index in [2.05, 4.69) is 11.4 Å². The van der Waals surface area contributed by atoms with E-state index >= 15 is 0 Å². The molecule has 1 N–H and O–H groups in total. The highest BCUT2D eigenvalue weighted by Gasteiger charge is 2.26. The maximum Gasteiger partial charge on any atom is 0.258 e. The molecule has 0 saturated heterocycles. The number of fused-ring (bicyclic) bond motifs is 1. The average molecular weight is 430 g/mol. The Kier molecular flexibility index (Phi) is 5.75. The van der Waals surface area contributed by atoms with Crippen molar-refractivity contribution in [2.24, 2.45) is 0 Å². The minimum atomic E-state index is -0.189. The van der Waals surface area contributed by atoms with Crippen molar-refractivity contribution in [1.29, 1.82) is 5.26 Å². The Balaban J connectivity index is 1.50. The standard InChI is InChI=1S/C25H20ClN3O2/c1-16(28-24(30)18-5-8-22(26)9-6-18)19-7-10-23-20(14-19)11-12-29(23)25(31)21-4-2-3-17(13-21)15-27/h2-10,13-14,16H,11-12H2,1H3,(H,28,30)/t16-/m1/s1. The molecule has 1 aliphatic heterocycles. The number of nitriles is 1. The summed E-state index contributed by atoms with van der Waals surface area (Å²) in [5.74, 6) is -0.286. The lowest BCUT2D eigenvalue weighted by molar-refractivity contribution is 0.0938. The number of nitrogens with one attached hydrogen (secondary N) is 1. The molecule has 0 aliphatic carbocycles. The first-order valence-corrected chi connectivity index (χ1v) is 10.4. The van der Waals surface area contributed by atoms with Gasteiger partial charge < -0.3 is 10.2 Å². The van der Waals surface area contributed by atoms with Gasteiger partial charge in [0.1, 0.15) is 0 Å². The number of rotatable bonds is 4. The molecule has 154 valence electrons. The summed E-state index contributed by atoms with van der Waals surface area (Å²) in [4.78, 5) is 27.2. The molecule has 31 heavy (non-hydrogen) atoms. The molecule has 4 rings (SSSR count). The van der Waals surface area contributed by atoms with Crippen LogP contribution in [0.1, 0.15) is 50.4 Å². The van der Waals surface area contributed by atoms with Gasteiger partial charge in [-0.05, 0) is 73.0 Å². The van der Waals surface area contributed by atoms with Crippen LogP contribution in [0.3, 0.4) is 0 Å². The van der Waals surface area contributed by atoms with E-state index in [1.807, 2.05) is 25.1 Å². The minimum absolute atomic E-state index is 0.118. The first-order valence-electron chi connectivity index (χ1n) is 9.97. The topological polar surface area (TPSA) is 73.2 Å². The second-order valence-corrected chi connectivity index (χ2v) is 7.93. The molecule has 1 atom stereocenters. The third kappa shape index (κ3) is 4.30. The molecule has 0 unspecified atom stereocenters. The van der Waals surface area contributed by atoms with E-state index in [-0.39, 0.29) is 17.9 Å².